The largest absolute Gasteiger partial charge is 0.333 e. The Bertz CT molecular complexity index is 419. The average Bonchev–Trinajstić information content (AvgIpc) is 2.82. The fourth-order valence-electron chi connectivity index (χ4n) is 2.89. The van der Waals surface area contributed by atoms with Gasteiger partial charge in [-0.3, -0.25) is 9.59 Å². The molecule has 1 aliphatic rings. The van der Waals surface area contributed by atoms with Crippen LogP contribution in [0.25, 0.3) is 0 Å². The van der Waals surface area contributed by atoms with Crippen molar-refractivity contribution in [1.82, 2.24) is 5.06 Å². The molecule has 1 fully saturated rings. The van der Waals surface area contributed by atoms with Gasteiger partial charge >= 0.3 is 5.97 Å². The number of quaternary nitrogens is 1. The third-order valence-corrected chi connectivity index (χ3v) is 4.46. The lowest BCUT2D eigenvalue weighted by atomic mass is 10.1. The van der Waals surface area contributed by atoms with E-state index < -0.39 is 17.8 Å². The summed E-state index contributed by atoms with van der Waals surface area (Å²) in [6.07, 6.45) is 8.88. The van der Waals surface area contributed by atoms with Gasteiger partial charge in [0.1, 0.15) is 0 Å². The van der Waals surface area contributed by atoms with Gasteiger partial charge in [-0.2, -0.15) is 0 Å². The molecule has 24 heavy (non-hydrogen) atoms. The molecular weight excluding hydrogens is 308 g/mol. The summed E-state index contributed by atoms with van der Waals surface area (Å²) in [5.74, 6) is -1.35. The highest BCUT2D eigenvalue weighted by Crippen LogP contribution is 2.14. The second-order valence-electron chi connectivity index (χ2n) is 7.30. The lowest BCUT2D eigenvalue weighted by Crippen LogP contribution is -2.41. The Balaban J connectivity index is 2.14. The molecule has 6 nitrogen and oxygen atoms in total. The third kappa shape index (κ3) is 7.90. The number of nitrogens with zero attached hydrogens (tertiary/aromatic N) is 2. The van der Waals surface area contributed by atoms with Crippen LogP contribution >= 0.6 is 0 Å². The van der Waals surface area contributed by atoms with Gasteiger partial charge in [-0.25, -0.2) is 4.79 Å². The molecule has 1 heterocycles. The predicted molar refractivity (Wildman–Crippen MR) is 91.6 cm³/mol. The zero-order valence-electron chi connectivity index (χ0n) is 15.5. The van der Waals surface area contributed by atoms with Crippen LogP contribution in [0.5, 0.6) is 0 Å². The van der Waals surface area contributed by atoms with Crippen LogP contribution in [-0.4, -0.2) is 54.5 Å². The fraction of sp³-hybridized carbons (Fsp3) is 0.833. The quantitative estimate of drug-likeness (QED) is 0.311. The molecule has 138 valence electrons. The SMILES string of the molecule is CCCCCCCC[N+](C)(C)CCCC(=O)ON1C(=O)CCC1=O. The summed E-state index contributed by atoms with van der Waals surface area (Å²) in [6.45, 7) is 4.21. The van der Waals surface area contributed by atoms with E-state index >= 15 is 0 Å². The molecule has 0 unspecified atom stereocenters. The molecule has 6 heteroatoms. The van der Waals surface area contributed by atoms with Crippen LogP contribution < -0.4 is 0 Å². The maximum atomic E-state index is 11.8. The Morgan fingerprint density at radius 1 is 0.958 bits per heavy atom. The summed E-state index contributed by atoms with van der Waals surface area (Å²) < 4.78 is 0.878. The highest BCUT2D eigenvalue weighted by molar-refractivity contribution is 6.01. The number of unbranched alkanes of at least 4 members (excludes halogenated alkanes) is 5. The Morgan fingerprint density at radius 2 is 1.50 bits per heavy atom. The zero-order chi connectivity index (χ0) is 18.0. The number of hydrogen-bond acceptors (Lipinski definition) is 4. The first-order valence-corrected chi connectivity index (χ1v) is 9.24. The van der Waals surface area contributed by atoms with E-state index in [-0.39, 0.29) is 19.3 Å². The summed E-state index contributed by atoms with van der Waals surface area (Å²) in [5.41, 5.74) is 0. The van der Waals surface area contributed by atoms with Gasteiger partial charge in [0.15, 0.2) is 0 Å². The van der Waals surface area contributed by atoms with Crippen LogP contribution in [0.1, 0.15) is 71.1 Å². The van der Waals surface area contributed by atoms with Crippen LogP contribution in [0.15, 0.2) is 0 Å². The highest BCUT2D eigenvalue weighted by atomic mass is 16.7. The van der Waals surface area contributed by atoms with Crippen molar-refractivity contribution in [2.24, 2.45) is 0 Å². The van der Waals surface area contributed by atoms with Crippen molar-refractivity contribution in [2.75, 3.05) is 27.2 Å². The number of imide groups is 1. The summed E-state index contributed by atoms with van der Waals surface area (Å²) in [6, 6.07) is 0. The molecule has 0 atom stereocenters. The molecule has 0 aromatic heterocycles. The summed E-state index contributed by atoms with van der Waals surface area (Å²) >= 11 is 0. The van der Waals surface area contributed by atoms with Gasteiger partial charge < -0.3 is 9.32 Å². The van der Waals surface area contributed by atoms with Crippen molar-refractivity contribution < 1.29 is 23.7 Å². The number of rotatable bonds is 12. The molecule has 0 aromatic rings. The first kappa shape index (κ1) is 20.6. The van der Waals surface area contributed by atoms with Crippen LogP contribution in [0, 0.1) is 0 Å². The van der Waals surface area contributed by atoms with Crippen molar-refractivity contribution in [2.45, 2.75) is 71.1 Å². The fourth-order valence-corrected chi connectivity index (χ4v) is 2.89. The summed E-state index contributed by atoms with van der Waals surface area (Å²) in [4.78, 5) is 39.4. The smallest absolute Gasteiger partial charge is 0.330 e. The number of carbonyl (C=O) groups excluding carboxylic acids is 3. The Hall–Kier alpha value is -1.43. The topological polar surface area (TPSA) is 63.7 Å². The second-order valence-corrected chi connectivity index (χ2v) is 7.30. The minimum Gasteiger partial charge on any atom is -0.330 e. The molecule has 0 aliphatic carbocycles. The van der Waals surface area contributed by atoms with Gasteiger partial charge in [0.2, 0.25) is 0 Å². The van der Waals surface area contributed by atoms with Crippen molar-refractivity contribution in [3.8, 4) is 0 Å². The number of hydroxylamine groups is 2. The van der Waals surface area contributed by atoms with Crippen molar-refractivity contribution >= 4 is 17.8 Å². The Labute approximate surface area is 145 Å². The van der Waals surface area contributed by atoms with E-state index in [4.69, 9.17) is 4.84 Å². The molecule has 1 rings (SSSR count). The van der Waals surface area contributed by atoms with E-state index in [0.29, 0.717) is 11.5 Å². The highest BCUT2D eigenvalue weighted by Gasteiger charge is 2.32. The molecule has 1 saturated heterocycles. The molecular formula is C18H33N2O4+. The van der Waals surface area contributed by atoms with Crippen molar-refractivity contribution in [3.63, 3.8) is 0 Å². The average molecular weight is 341 g/mol. The van der Waals surface area contributed by atoms with E-state index in [1.807, 2.05) is 0 Å². The van der Waals surface area contributed by atoms with E-state index in [1.54, 1.807) is 0 Å². The van der Waals surface area contributed by atoms with Crippen LogP contribution in [0.2, 0.25) is 0 Å². The van der Waals surface area contributed by atoms with Gasteiger partial charge in [0.05, 0.1) is 33.6 Å². The van der Waals surface area contributed by atoms with Crippen LogP contribution in [0.4, 0.5) is 0 Å². The summed E-state index contributed by atoms with van der Waals surface area (Å²) in [5, 5.41) is 0.624. The molecule has 0 radical (unpaired) electrons. The molecule has 0 N–H and O–H groups in total. The molecule has 0 bridgehead atoms. The molecule has 0 spiro atoms. The minimum absolute atomic E-state index is 0.133. The van der Waals surface area contributed by atoms with Gasteiger partial charge in [0.25, 0.3) is 11.8 Å². The zero-order valence-corrected chi connectivity index (χ0v) is 15.5. The molecule has 2 amide bonds. The van der Waals surface area contributed by atoms with Crippen LogP contribution in [-0.2, 0) is 19.2 Å². The Morgan fingerprint density at radius 3 is 2.12 bits per heavy atom. The predicted octanol–water partition coefficient (Wildman–Crippen LogP) is 2.81. The van der Waals surface area contributed by atoms with Gasteiger partial charge in [-0.15, -0.1) is 5.06 Å². The lowest BCUT2D eigenvalue weighted by Gasteiger charge is -2.29. The van der Waals surface area contributed by atoms with Gasteiger partial charge in [-0.1, -0.05) is 32.6 Å². The maximum Gasteiger partial charge on any atom is 0.333 e. The van der Waals surface area contributed by atoms with E-state index in [0.717, 1.165) is 17.6 Å². The molecule has 0 saturated carbocycles. The van der Waals surface area contributed by atoms with E-state index in [2.05, 4.69) is 21.0 Å². The van der Waals surface area contributed by atoms with E-state index in [1.165, 1.54) is 38.5 Å². The van der Waals surface area contributed by atoms with Gasteiger partial charge in [0, 0.05) is 19.3 Å². The standard InChI is InChI=1S/C18H33N2O4/c1-4-5-6-7-8-9-14-20(2,3)15-10-11-18(23)24-19-16(21)12-13-17(19)22/h4-15H2,1-3H3/q+1. The van der Waals surface area contributed by atoms with Crippen molar-refractivity contribution in [1.29, 1.82) is 0 Å². The van der Waals surface area contributed by atoms with Gasteiger partial charge in [-0.05, 0) is 12.8 Å². The third-order valence-electron chi connectivity index (χ3n) is 4.46. The molecule has 1 aliphatic heterocycles. The minimum atomic E-state index is -0.502. The summed E-state index contributed by atoms with van der Waals surface area (Å²) in [7, 11) is 4.34. The van der Waals surface area contributed by atoms with Crippen molar-refractivity contribution in [3.05, 3.63) is 0 Å². The second kappa shape index (κ2) is 10.4. The van der Waals surface area contributed by atoms with Crippen LogP contribution in [0.3, 0.4) is 0 Å². The monoisotopic (exact) mass is 341 g/mol. The first-order valence-electron chi connectivity index (χ1n) is 9.24. The number of hydrogen-bond donors (Lipinski definition) is 0. The lowest BCUT2D eigenvalue weighted by molar-refractivity contribution is -0.890. The van der Waals surface area contributed by atoms with E-state index in [9.17, 15) is 14.4 Å². The number of amides is 2. The maximum absolute atomic E-state index is 11.8. The molecule has 0 aromatic carbocycles. The normalized spacial score (nSPS) is 15.2. The number of carbonyl (C=O) groups is 3. The first-order chi connectivity index (χ1) is 11.4. The Kier molecular flexibility index (Phi) is 8.97.